The maximum Gasteiger partial charge on any atom is 0.257 e. The second-order valence-electron chi connectivity index (χ2n) is 11.2. The highest BCUT2D eigenvalue weighted by Gasteiger charge is 2.44. The Bertz CT molecular complexity index is 1550. The number of thiazole rings is 1. The Kier molecular flexibility index (Phi) is 7.07. The molecule has 39 heavy (non-hydrogen) atoms. The van der Waals surface area contributed by atoms with Gasteiger partial charge < -0.3 is 4.90 Å². The topological polar surface area (TPSA) is 70.6 Å². The van der Waals surface area contributed by atoms with E-state index < -0.39 is 11.9 Å². The van der Waals surface area contributed by atoms with E-state index in [1.54, 1.807) is 35.6 Å². The minimum atomic E-state index is -0.926. The second kappa shape index (κ2) is 10.3. The Balaban J connectivity index is 1.40. The van der Waals surface area contributed by atoms with E-state index in [4.69, 9.17) is 4.98 Å². The molecule has 1 aliphatic heterocycles. The minimum Gasteiger partial charge on any atom is -0.326 e. The average molecular weight is 544 g/mol. The summed E-state index contributed by atoms with van der Waals surface area (Å²) in [6, 6.07) is 18.2. The molecule has 0 bridgehead atoms. The zero-order valence-electron chi connectivity index (χ0n) is 22.4. The van der Waals surface area contributed by atoms with E-state index in [0.29, 0.717) is 11.3 Å². The van der Waals surface area contributed by atoms with Gasteiger partial charge in [-0.2, -0.15) is 0 Å². The Morgan fingerprint density at radius 2 is 1.74 bits per heavy atom. The van der Waals surface area contributed by atoms with Crippen LogP contribution in [0.4, 0.5) is 10.1 Å². The van der Waals surface area contributed by atoms with Crippen LogP contribution in [-0.2, 0) is 20.9 Å². The highest BCUT2D eigenvalue weighted by Crippen LogP contribution is 2.34. The van der Waals surface area contributed by atoms with Gasteiger partial charge in [0, 0.05) is 18.5 Å². The molecule has 3 aromatic carbocycles. The first kappa shape index (κ1) is 26.7. The molecule has 0 aliphatic carbocycles. The number of hydrogen-bond acceptors (Lipinski definition) is 5. The third-order valence-corrected chi connectivity index (χ3v) is 7.75. The molecule has 8 heteroatoms. The fourth-order valence-corrected chi connectivity index (χ4v) is 5.82. The van der Waals surface area contributed by atoms with Crippen molar-refractivity contribution >= 4 is 45.0 Å². The van der Waals surface area contributed by atoms with Crippen molar-refractivity contribution in [3.63, 3.8) is 0 Å². The number of carbonyl (C=O) groups is 3. The van der Waals surface area contributed by atoms with Crippen LogP contribution in [-0.4, -0.2) is 33.6 Å². The first-order valence-electron chi connectivity index (χ1n) is 12.9. The molecule has 1 aliphatic rings. The van der Waals surface area contributed by atoms with Crippen molar-refractivity contribution in [2.75, 3.05) is 4.90 Å². The molecule has 3 amide bonds. The molecule has 6 nitrogen and oxygen atoms in total. The van der Waals surface area contributed by atoms with E-state index in [1.807, 2.05) is 52.0 Å². The van der Waals surface area contributed by atoms with Gasteiger partial charge in [-0.15, -0.1) is 11.3 Å². The summed E-state index contributed by atoms with van der Waals surface area (Å²) in [6.07, 6.45) is 0.109. The second-order valence-corrected chi connectivity index (χ2v) is 12.2. The van der Waals surface area contributed by atoms with E-state index in [2.05, 4.69) is 6.07 Å². The smallest absolute Gasteiger partial charge is 0.257 e. The lowest BCUT2D eigenvalue weighted by atomic mass is 9.91. The van der Waals surface area contributed by atoms with Crippen LogP contribution in [0.1, 0.15) is 44.7 Å². The number of nitrogens with zero attached hydrogens (tertiary/aromatic N) is 3. The van der Waals surface area contributed by atoms with Gasteiger partial charge in [0.1, 0.15) is 16.9 Å². The molecular formula is C31H30FN3O3S. The monoisotopic (exact) mass is 543 g/mol. The predicted molar refractivity (Wildman–Crippen MR) is 152 cm³/mol. The summed E-state index contributed by atoms with van der Waals surface area (Å²) in [5, 5.41) is 0.859. The first-order valence-corrected chi connectivity index (χ1v) is 13.7. The fourth-order valence-electron chi connectivity index (χ4n) is 4.75. The van der Waals surface area contributed by atoms with E-state index >= 15 is 0 Å². The summed E-state index contributed by atoms with van der Waals surface area (Å²) in [5.74, 6) is -1.40. The van der Waals surface area contributed by atoms with Crippen molar-refractivity contribution in [3.05, 3.63) is 83.7 Å². The lowest BCUT2D eigenvalue weighted by Crippen LogP contribution is -2.46. The number of imide groups is 1. The van der Waals surface area contributed by atoms with Crippen LogP contribution in [0, 0.1) is 18.2 Å². The van der Waals surface area contributed by atoms with Crippen LogP contribution < -0.4 is 4.90 Å². The molecular weight excluding hydrogens is 513 g/mol. The van der Waals surface area contributed by atoms with Crippen LogP contribution in [0.3, 0.4) is 0 Å². The number of amides is 3. The van der Waals surface area contributed by atoms with Gasteiger partial charge in [-0.1, -0.05) is 39.0 Å². The van der Waals surface area contributed by atoms with Crippen LogP contribution in [0.15, 0.2) is 66.7 Å². The van der Waals surface area contributed by atoms with E-state index in [-0.39, 0.29) is 42.4 Å². The van der Waals surface area contributed by atoms with Crippen LogP contribution in [0.2, 0.25) is 0 Å². The highest BCUT2D eigenvalue weighted by molar-refractivity contribution is 7.21. The normalized spacial score (nSPS) is 15.8. The van der Waals surface area contributed by atoms with E-state index in [9.17, 15) is 18.8 Å². The minimum absolute atomic E-state index is 0.102. The summed E-state index contributed by atoms with van der Waals surface area (Å²) < 4.78 is 14.6. The summed E-state index contributed by atoms with van der Waals surface area (Å²) in [5.41, 5.74) is 3.83. The number of halogens is 1. The lowest BCUT2D eigenvalue weighted by molar-refractivity contribution is -0.140. The predicted octanol–water partition coefficient (Wildman–Crippen LogP) is 6.51. The van der Waals surface area contributed by atoms with Gasteiger partial charge >= 0.3 is 0 Å². The molecule has 0 spiro atoms. The number of benzene rings is 3. The van der Waals surface area contributed by atoms with Gasteiger partial charge in [-0.25, -0.2) is 14.3 Å². The molecule has 1 saturated heterocycles. The highest BCUT2D eigenvalue weighted by atomic mass is 32.1. The van der Waals surface area contributed by atoms with E-state index in [1.165, 1.54) is 22.6 Å². The third-order valence-electron chi connectivity index (χ3n) is 6.68. The Morgan fingerprint density at radius 3 is 2.41 bits per heavy atom. The van der Waals surface area contributed by atoms with Crippen molar-refractivity contribution in [2.45, 2.75) is 53.1 Å². The Labute approximate surface area is 231 Å². The number of hydrogen-bond donors (Lipinski definition) is 0. The summed E-state index contributed by atoms with van der Waals surface area (Å²) in [6.45, 7) is 8.00. The molecule has 4 aromatic rings. The molecule has 1 unspecified atom stereocenters. The number of aryl methyl sites for hydroxylation is 1. The van der Waals surface area contributed by atoms with Crippen LogP contribution >= 0.6 is 11.3 Å². The maximum atomic E-state index is 13.6. The molecule has 0 N–H and O–H groups in total. The lowest BCUT2D eigenvalue weighted by Gasteiger charge is -2.30. The largest absolute Gasteiger partial charge is 0.326 e. The molecule has 1 atom stereocenters. The number of aromatic nitrogens is 1. The van der Waals surface area contributed by atoms with Gasteiger partial charge in [-0.05, 0) is 72.0 Å². The average Bonchev–Trinajstić information content (AvgIpc) is 3.42. The molecule has 0 radical (unpaired) electrons. The number of rotatable bonds is 6. The number of carbonyl (C=O) groups excluding carboxylic acids is 3. The SMILES string of the molecule is Cc1ccc2nc(-c3ccc(N4C(=O)CC(N(Cc5ccc(F)cc5)C(=O)CC(C)(C)C)C4=O)cc3)sc2c1. The number of anilines is 1. The van der Waals surface area contributed by atoms with Gasteiger partial charge in [-0.3, -0.25) is 14.4 Å². The van der Waals surface area contributed by atoms with E-state index in [0.717, 1.165) is 25.7 Å². The molecule has 2 heterocycles. The van der Waals surface area contributed by atoms with Crippen molar-refractivity contribution in [3.8, 4) is 10.6 Å². The molecule has 1 aromatic heterocycles. The Hall–Kier alpha value is -3.91. The first-order chi connectivity index (χ1) is 18.5. The fraction of sp³-hybridized carbons (Fsp3) is 0.290. The van der Waals surface area contributed by atoms with Gasteiger partial charge in [0.15, 0.2) is 0 Å². The number of fused-ring (bicyclic) bond motifs is 1. The quantitative estimate of drug-likeness (QED) is 0.260. The summed E-state index contributed by atoms with van der Waals surface area (Å²) in [4.78, 5) is 47.5. The van der Waals surface area contributed by atoms with Crippen LogP contribution in [0.25, 0.3) is 20.8 Å². The summed E-state index contributed by atoms with van der Waals surface area (Å²) in [7, 11) is 0. The van der Waals surface area contributed by atoms with Crippen LogP contribution in [0.5, 0.6) is 0 Å². The van der Waals surface area contributed by atoms with Gasteiger partial charge in [0.05, 0.1) is 22.3 Å². The van der Waals surface area contributed by atoms with Crippen molar-refractivity contribution in [1.29, 1.82) is 0 Å². The zero-order chi connectivity index (χ0) is 27.9. The summed E-state index contributed by atoms with van der Waals surface area (Å²) >= 11 is 1.59. The standard InChI is InChI=1S/C31H30FN3O3S/c1-19-5-14-24-26(15-19)39-29(33-24)21-8-12-23(13-9-21)35-27(36)16-25(30(35)38)34(28(37)17-31(2,3)4)18-20-6-10-22(32)11-7-20/h5-15,25H,16-18H2,1-4H3. The zero-order valence-corrected chi connectivity index (χ0v) is 23.2. The Morgan fingerprint density at radius 1 is 1.05 bits per heavy atom. The van der Waals surface area contributed by atoms with Crippen molar-refractivity contribution < 1.29 is 18.8 Å². The third kappa shape index (κ3) is 5.76. The molecule has 5 rings (SSSR count). The molecule has 1 fully saturated rings. The van der Waals surface area contributed by atoms with Gasteiger partial charge in [0.25, 0.3) is 5.91 Å². The molecule has 200 valence electrons. The molecule has 0 saturated carbocycles. The van der Waals surface area contributed by atoms with Crippen molar-refractivity contribution in [1.82, 2.24) is 9.88 Å². The maximum absolute atomic E-state index is 13.6. The van der Waals surface area contributed by atoms with Gasteiger partial charge in [0.2, 0.25) is 11.8 Å². The van der Waals surface area contributed by atoms with Crippen molar-refractivity contribution in [2.24, 2.45) is 5.41 Å².